The van der Waals surface area contributed by atoms with Crippen LogP contribution in [0, 0.1) is 3.57 Å². The highest BCUT2D eigenvalue weighted by atomic mass is 127. The maximum atomic E-state index is 12.7. The lowest BCUT2D eigenvalue weighted by Crippen LogP contribution is -2.26. The van der Waals surface area contributed by atoms with E-state index in [0.29, 0.717) is 14.8 Å². The molecule has 2 rings (SSSR count). The lowest BCUT2D eigenvalue weighted by atomic mass is 10.1. The van der Waals surface area contributed by atoms with Crippen LogP contribution in [0.15, 0.2) is 44.1 Å². The summed E-state index contributed by atoms with van der Waals surface area (Å²) < 4.78 is 28.5. The monoisotopic (exact) mass is 517 g/mol. The van der Waals surface area contributed by atoms with Crippen LogP contribution in [0.1, 0.15) is 0 Å². The fourth-order valence-electron chi connectivity index (χ4n) is 1.80. The number of pyridine rings is 1. The summed E-state index contributed by atoms with van der Waals surface area (Å²) in [6, 6.07) is 8.70. The fraction of sp³-hybridized carbons (Fsp3) is 0.154. The maximum Gasteiger partial charge on any atom is 0.264 e. The Balaban J connectivity index is 2.67. The number of benzene rings is 1. The molecule has 2 nitrogen and oxygen atoms in total. The van der Waals surface area contributed by atoms with Gasteiger partial charge in [-0.2, -0.15) is 0 Å². The molecule has 0 radical (unpaired) electrons. The Morgan fingerprint density at radius 1 is 1.20 bits per heavy atom. The van der Waals surface area contributed by atoms with Crippen molar-refractivity contribution in [2.45, 2.75) is 13.0 Å². The molecule has 7 heteroatoms. The third-order valence-electron chi connectivity index (χ3n) is 2.66. The minimum Gasteiger partial charge on any atom is -0.302 e. The molecule has 106 valence electrons. The summed E-state index contributed by atoms with van der Waals surface area (Å²) >= 11 is 8.58. The number of aromatic nitrogens is 1. The zero-order valence-corrected chi connectivity index (χ0v) is 15.2. The highest BCUT2D eigenvalue weighted by Gasteiger charge is 2.15. The first-order chi connectivity index (χ1) is 9.40. The average molecular weight is 519 g/mol. The van der Waals surface area contributed by atoms with Crippen LogP contribution < -0.4 is 5.56 Å². The van der Waals surface area contributed by atoms with Gasteiger partial charge >= 0.3 is 0 Å². The van der Waals surface area contributed by atoms with Crippen LogP contribution in [0.25, 0.3) is 11.3 Å². The van der Waals surface area contributed by atoms with Crippen molar-refractivity contribution in [2.24, 2.45) is 0 Å². The van der Waals surface area contributed by atoms with Crippen LogP contribution in [0.3, 0.4) is 0 Å². The quantitative estimate of drug-likeness (QED) is 0.529. The van der Waals surface area contributed by atoms with Gasteiger partial charge in [0.2, 0.25) is 0 Å². The standard InChI is InChI=1S/C13H8Br2F2INO/c14-7-1-2-8(9(15)5-7)11-4-3-10(18)13(20)19(11)6-12(16)17/h1-5,12H,6H2. The van der Waals surface area contributed by atoms with Crippen LogP contribution in [0.5, 0.6) is 0 Å². The first-order valence-electron chi connectivity index (χ1n) is 5.53. The SMILES string of the molecule is O=c1c(I)ccc(-c2ccc(Br)cc2Br)n1CC(F)F. The van der Waals surface area contributed by atoms with Crippen molar-refractivity contribution in [2.75, 3.05) is 0 Å². The number of alkyl halides is 2. The number of hydrogen-bond acceptors (Lipinski definition) is 1. The lowest BCUT2D eigenvalue weighted by molar-refractivity contribution is 0.125. The van der Waals surface area contributed by atoms with E-state index in [0.717, 1.165) is 13.5 Å². The van der Waals surface area contributed by atoms with E-state index in [-0.39, 0.29) is 0 Å². The summed E-state index contributed by atoms with van der Waals surface area (Å²) in [6.45, 7) is -0.618. The van der Waals surface area contributed by atoms with Crippen molar-refractivity contribution in [1.82, 2.24) is 4.57 Å². The third-order valence-corrected chi connectivity index (χ3v) is 4.63. The van der Waals surface area contributed by atoms with Crippen molar-refractivity contribution in [3.8, 4) is 11.3 Å². The van der Waals surface area contributed by atoms with Gasteiger partial charge in [0.15, 0.2) is 0 Å². The summed E-state index contributed by atoms with van der Waals surface area (Å²) in [5.41, 5.74) is 0.760. The van der Waals surface area contributed by atoms with Gasteiger partial charge in [-0.1, -0.05) is 37.9 Å². The third kappa shape index (κ3) is 3.48. The van der Waals surface area contributed by atoms with Gasteiger partial charge in [0.05, 0.1) is 15.8 Å². The molecule has 0 bridgehead atoms. The average Bonchev–Trinajstić information content (AvgIpc) is 2.36. The molecule has 1 aromatic carbocycles. The van der Waals surface area contributed by atoms with Crippen LogP contribution >= 0.6 is 54.5 Å². The van der Waals surface area contributed by atoms with E-state index < -0.39 is 18.5 Å². The van der Waals surface area contributed by atoms with Crippen LogP contribution in [0.4, 0.5) is 8.78 Å². The molecule has 0 aliphatic rings. The van der Waals surface area contributed by atoms with Crippen LogP contribution in [-0.2, 0) is 6.54 Å². The molecule has 0 spiro atoms. The topological polar surface area (TPSA) is 22.0 Å². The highest BCUT2D eigenvalue weighted by Crippen LogP contribution is 2.30. The normalized spacial score (nSPS) is 11.1. The highest BCUT2D eigenvalue weighted by molar-refractivity contribution is 14.1. The second-order valence-electron chi connectivity index (χ2n) is 4.00. The van der Waals surface area contributed by atoms with Crippen molar-refractivity contribution in [3.63, 3.8) is 0 Å². The van der Waals surface area contributed by atoms with E-state index in [2.05, 4.69) is 31.9 Å². The van der Waals surface area contributed by atoms with E-state index >= 15 is 0 Å². The van der Waals surface area contributed by atoms with Crippen molar-refractivity contribution < 1.29 is 8.78 Å². The summed E-state index contributed by atoms with van der Waals surface area (Å²) in [7, 11) is 0. The van der Waals surface area contributed by atoms with Gasteiger partial charge in [-0.15, -0.1) is 0 Å². The maximum absolute atomic E-state index is 12.7. The summed E-state index contributed by atoms with van der Waals surface area (Å²) in [6.07, 6.45) is -2.58. The van der Waals surface area contributed by atoms with E-state index in [9.17, 15) is 13.6 Å². The Hall–Kier alpha value is -0.280. The zero-order chi connectivity index (χ0) is 14.9. The zero-order valence-electron chi connectivity index (χ0n) is 9.92. The Morgan fingerprint density at radius 2 is 1.90 bits per heavy atom. The smallest absolute Gasteiger partial charge is 0.264 e. The first-order valence-corrected chi connectivity index (χ1v) is 8.19. The Morgan fingerprint density at radius 3 is 2.50 bits per heavy atom. The van der Waals surface area contributed by atoms with Crippen molar-refractivity contribution >= 4 is 54.5 Å². The summed E-state index contributed by atoms with van der Waals surface area (Å²) in [5, 5.41) is 0. The number of rotatable bonds is 3. The number of halogens is 5. The predicted molar refractivity (Wildman–Crippen MR) is 90.3 cm³/mol. The minimum absolute atomic E-state index is 0.404. The molecular weight excluding hydrogens is 511 g/mol. The Kier molecular flexibility index (Phi) is 5.36. The summed E-state index contributed by atoms with van der Waals surface area (Å²) in [4.78, 5) is 12.1. The molecule has 0 saturated heterocycles. The molecule has 20 heavy (non-hydrogen) atoms. The molecule has 0 aliphatic heterocycles. The first kappa shape index (κ1) is 16.1. The fourth-order valence-corrected chi connectivity index (χ4v) is 3.52. The van der Waals surface area contributed by atoms with Gasteiger partial charge in [0.1, 0.15) is 0 Å². The van der Waals surface area contributed by atoms with Gasteiger partial charge in [-0.3, -0.25) is 4.79 Å². The van der Waals surface area contributed by atoms with E-state index in [1.807, 2.05) is 28.7 Å². The lowest BCUT2D eigenvalue weighted by Gasteiger charge is -2.14. The van der Waals surface area contributed by atoms with Crippen molar-refractivity contribution in [3.05, 3.63) is 53.2 Å². The molecule has 1 aromatic heterocycles. The number of hydrogen-bond donors (Lipinski definition) is 0. The van der Waals surface area contributed by atoms with Gasteiger partial charge in [-0.25, -0.2) is 8.78 Å². The molecule has 0 fully saturated rings. The molecule has 0 atom stereocenters. The van der Waals surface area contributed by atoms with Gasteiger partial charge in [0, 0.05) is 14.5 Å². The second-order valence-corrected chi connectivity index (χ2v) is 6.93. The number of nitrogens with zero attached hydrogens (tertiary/aromatic N) is 1. The van der Waals surface area contributed by atoms with E-state index in [1.54, 1.807) is 24.3 Å². The molecule has 0 unspecified atom stereocenters. The molecule has 0 aliphatic carbocycles. The Labute approximate surface area is 144 Å². The molecular formula is C13H8Br2F2INO. The summed E-state index contributed by atoms with van der Waals surface area (Å²) in [5.74, 6) is 0. The molecule has 0 N–H and O–H groups in total. The van der Waals surface area contributed by atoms with Crippen molar-refractivity contribution in [1.29, 1.82) is 0 Å². The predicted octanol–water partition coefficient (Wildman–Crippen LogP) is 4.91. The van der Waals surface area contributed by atoms with Gasteiger partial charge < -0.3 is 4.57 Å². The minimum atomic E-state index is -2.58. The molecule has 0 amide bonds. The largest absolute Gasteiger partial charge is 0.302 e. The Bertz CT molecular complexity index is 703. The molecule has 2 aromatic rings. The van der Waals surface area contributed by atoms with Gasteiger partial charge in [0.25, 0.3) is 12.0 Å². The molecule has 0 saturated carbocycles. The molecule has 1 heterocycles. The van der Waals surface area contributed by atoms with Crippen LogP contribution in [-0.4, -0.2) is 11.0 Å². The van der Waals surface area contributed by atoms with E-state index in [4.69, 9.17) is 0 Å². The van der Waals surface area contributed by atoms with Gasteiger partial charge in [-0.05, 0) is 46.9 Å². The van der Waals surface area contributed by atoms with Crippen LogP contribution in [0.2, 0.25) is 0 Å². The second kappa shape index (κ2) is 6.65. The van der Waals surface area contributed by atoms with E-state index in [1.165, 1.54) is 0 Å².